The number of esters is 1. The topological polar surface area (TPSA) is 84.9 Å². The Balaban J connectivity index is 1.63. The smallest absolute Gasteiger partial charge is 0.456 e. The molecule has 1 unspecified atom stereocenters. The lowest BCUT2D eigenvalue weighted by Crippen LogP contribution is -2.34. The van der Waals surface area contributed by atoms with Gasteiger partial charge in [0.15, 0.2) is 0 Å². The number of rotatable bonds is 7. The highest BCUT2D eigenvalue weighted by molar-refractivity contribution is 7.51. The lowest BCUT2D eigenvalue weighted by molar-refractivity contribution is -0.146. The molecule has 27 heavy (non-hydrogen) atoms. The second-order valence-electron chi connectivity index (χ2n) is 6.03. The SMILES string of the molecule is C[C@H](NP(=O)(O)Oc1cccc2ccccc12)C(=O)OCc1ccccc1. The van der Waals surface area contributed by atoms with Crippen LogP contribution in [0.3, 0.4) is 0 Å². The maximum atomic E-state index is 12.4. The molecule has 0 amide bonds. The Hall–Kier alpha value is -2.66. The molecule has 0 aliphatic carbocycles. The van der Waals surface area contributed by atoms with Crippen LogP contribution >= 0.6 is 7.75 Å². The van der Waals surface area contributed by atoms with Gasteiger partial charge in [0.05, 0.1) is 0 Å². The Bertz CT molecular complexity index is 971. The van der Waals surface area contributed by atoms with Gasteiger partial charge in [-0.15, -0.1) is 0 Å². The van der Waals surface area contributed by atoms with Crippen molar-refractivity contribution in [2.75, 3.05) is 0 Å². The Morgan fingerprint density at radius 1 is 1.04 bits per heavy atom. The van der Waals surface area contributed by atoms with Crippen LogP contribution < -0.4 is 9.61 Å². The number of carbonyl (C=O) groups excluding carboxylic acids is 1. The third kappa shape index (κ3) is 5.17. The molecule has 0 saturated carbocycles. The first-order chi connectivity index (χ1) is 12.9. The molecule has 3 aromatic rings. The van der Waals surface area contributed by atoms with Gasteiger partial charge in [0, 0.05) is 5.39 Å². The average Bonchev–Trinajstić information content (AvgIpc) is 2.66. The van der Waals surface area contributed by atoms with E-state index in [0.717, 1.165) is 10.9 Å². The molecular weight excluding hydrogens is 365 g/mol. The summed E-state index contributed by atoms with van der Waals surface area (Å²) in [6, 6.07) is 20.7. The number of ether oxygens (including phenoxy) is 1. The van der Waals surface area contributed by atoms with E-state index < -0.39 is 19.8 Å². The van der Waals surface area contributed by atoms with Crippen molar-refractivity contribution < 1.29 is 23.5 Å². The van der Waals surface area contributed by atoms with E-state index in [2.05, 4.69) is 5.09 Å². The van der Waals surface area contributed by atoms with Crippen LogP contribution in [0.4, 0.5) is 0 Å². The van der Waals surface area contributed by atoms with Crippen LogP contribution in [0.25, 0.3) is 10.8 Å². The minimum Gasteiger partial charge on any atom is -0.460 e. The molecule has 0 fully saturated rings. The molecule has 6 nitrogen and oxygen atoms in total. The van der Waals surface area contributed by atoms with Crippen molar-refractivity contribution in [2.45, 2.75) is 19.6 Å². The van der Waals surface area contributed by atoms with Gasteiger partial charge >= 0.3 is 13.7 Å². The van der Waals surface area contributed by atoms with Gasteiger partial charge in [-0.3, -0.25) is 4.79 Å². The zero-order valence-corrected chi connectivity index (χ0v) is 15.6. The molecule has 3 aromatic carbocycles. The van der Waals surface area contributed by atoms with Crippen LogP contribution in [0.5, 0.6) is 5.75 Å². The third-order valence-electron chi connectivity index (χ3n) is 3.91. The summed E-state index contributed by atoms with van der Waals surface area (Å²) in [5, 5.41) is 3.90. The summed E-state index contributed by atoms with van der Waals surface area (Å²) in [5.41, 5.74) is 0.831. The molecule has 0 radical (unpaired) electrons. The highest BCUT2D eigenvalue weighted by Crippen LogP contribution is 2.41. The van der Waals surface area contributed by atoms with Gasteiger partial charge in [-0.1, -0.05) is 66.7 Å². The number of carbonyl (C=O) groups is 1. The van der Waals surface area contributed by atoms with Crippen LogP contribution in [0.15, 0.2) is 72.8 Å². The molecule has 2 N–H and O–H groups in total. The van der Waals surface area contributed by atoms with Gasteiger partial charge in [-0.25, -0.2) is 4.57 Å². The highest BCUT2D eigenvalue weighted by Gasteiger charge is 2.28. The average molecular weight is 385 g/mol. The van der Waals surface area contributed by atoms with E-state index in [4.69, 9.17) is 9.26 Å². The number of fused-ring (bicyclic) bond motifs is 1. The maximum absolute atomic E-state index is 12.4. The number of benzene rings is 3. The zero-order chi connectivity index (χ0) is 19.3. The monoisotopic (exact) mass is 385 g/mol. The minimum atomic E-state index is -4.28. The van der Waals surface area contributed by atoms with E-state index in [9.17, 15) is 14.3 Å². The fourth-order valence-electron chi connectivity index (χ4n) is 2.59. The summed E-state index contributed by atoms with van der Waals surface area (Å²) in [6.45, 7) is 1.54. The van der Waals surface area contributed by atoms with Gasteiger partial charge in [0.25, 0.3) is 0 Å². The predicted molar refractivity (Wildman–Crippen MR) is 103 cm³/mol. The Labute approximate surface area is 157 Å². The summed E-state index contributed by atoms with van der Waals surface area (Å²) in [4.78, 5) is 22.2. The second kappa shape index (κ2) is 8.35. The number of hydrogen-bond donors (Lipinski definition) is 2. The number of hydrogen-bond acceptors (Lipinski definition) is 4. The highest BCUT2D eigenvalue weighted by atomic mass is 31.2. The van der Waals surface area contributed by atoms with E-state index in [1.54, 1.807) is 18.2 Å². The third-order valence-corrected chi connectivity index (χ3v) is 5.06. The first-order valence-electron chi connectivity index (χ1n) is 8.43. The molecule has 0 saturated heterocycles. The minimum absolute atomic E-state index is 0.0889. The molecule has 0 spiro atoms. The molecule has 2 atom stereocenters. The molecule has 0 aliphatic heterocycles. The van der Waals surface area contributed by atoms with Gasteiger partial charge in [0.2, 0.25) is 0 Å². The quantitative estimate of drug-likeness (QED) is 0.472. The van der Waals surface area contributed by atoms with Crippen molar-refractivity contribution in [1.29, 1.82) is 0 Å². The van der Waals surface area contributed by atoms with Crippen molar-refractivity contribution in [1.82, 2.24) is 5.09 Å². The molecule has 0 aliphatic rings. The predicted octanol–water partition coefficient (Wildman–Crippen LogP) is 4.04. The van der Waals surface area contributed by atoms with Crippen molar-refractivity contribution in [3.05, 3.63) is 78.4 Å². The normalized spacial score (nSPS) is 14.3. The first kappa shape index (κ1) is 19.1. The largest absolute Gasteiger partial charge is 0.460 e. The molecule has 3 rings (SSSR count). The van der Waals surface area contributed by atoms with E-state index in [-0.39, 0.29) is 12.4 Å². The summed E-state index contributed by atoms with van der Waals surface area (Å²) in [6.07, 6.45) is 0. The maximum Gasteiger partial charge on any atom is 0.456 e. The summed E-state index contributed by atoms with van der Waals surface area (Å²) < 4.78 is 22.9. The lowest BCUT2D eigenvalue weighted by Gasteiger charge is -2.19. The van der Waals surface area contributed by atoms with Gasteiger partial charge in [-0.05, 0) is 23.9 Å². The van der Waals surface area contributed by atoms with Crippen LogP contribution in [0.2, 0.25) is 0 Å². The van der Waals surface area contributed by atoms with Gasteiger partial charge < -0.3 is 14.2 Å². The summed E-state index contributed by atoms with van der Waals surface area (Å²) in [5.74, 6) is -0.383. The van der Waals surface area contributed by atoms with Gasteiger partial charge in [-0.2, -0.15) is 5.09 Å². The van der Waals surface area contributed by atoms with E-state index in [0.29, 0.717) is 5.39 Å². The van der Waals surface area contributed by atoms with Gasteiger partial charge in [0.1, 0.15) is 18.4 Å². The fraction of sp³-hybridized carbons (Fsp3) is 0.150. The van der Waals surface area contributed by atoms with Crippen LogP contribution in [-0.2, 0) is 20.7 Å². The van der Waals surface area contributed by atoms with Crippen molar-refractivity contribution in [3.8, 4) is 5.75 Å². The molecule has 140 valence electrons. The molecule has 0 heterocycles. The van der Waals surface area contributed by atoms with Crippen LogP contribution in [0, 0.1) is 0 Å². The summed E-state index contributed by atoms with van der Waals surface area (Å²) in [7, 11) is -4.28. The fourth-order valence-corrected chi connectivity index (χ4v) is 3.66. The standard InChI is InChI=1S/C20H20NO5P/c1-15(20(22)25-14-16-8-3-2-4-9-16)21-27(23,24)26-19-13-7-11-17-10-5-6-12-18(17)19/h2-13,15H,14H2,1H3,(H2,21,23,24)/t15-/m0/s1. The molecule has 0 bridgehead atoms. The van der Waals surface area contributed by atoms with E-state index >= 15 is 0 Å². The van der Waals surface area contributed by atoms with Crippen molar-refractivity contribution >= 4 is 24.5 Å². The van der Waals surface area contributed by atoms with Crippen LogP contribution in [0.1, 0.15) is 12.5 Å². The van der Waals surface area contributed by atoms with Crippen molar-refractivity contribution in [3.63, 3.8) is 0 Å². The van der Waals surface area contributed by atoms with Crippen LogP contribution in [-0.4, -0.2) is 16.9 Å². The first-order valence-corrected chi connectivity index (χ1v) is 10.0. The lowest BCUT2D eigenvalue weighted by atomic mass is 10.1. The van der Waals surface area contributed by atoms with E-state index in [1.165, 1.54) is 6.92 Å². The van der Waals surface area contributed by atoms with E-state index in [1.807, 2.05) is 54.6 Å². The Morgan fingerprint density at radius 3 is 2.48 bits per heavy atom. The molecule has 7 heteroatoms. The Kier molecular flexibility index (Phi) is 5.91. The molecule has 0 aromatic heterocycles. The second-order valence-corrected chi connectivity index (χ2v) is 7.51. The van der Waals surface area contributed by atoms with Crippen molar-refractivity contribution in [2.24, 2.45) is 0 Å². The Morgan fingerprint density at radius 2 is 1.70 bits per heavy atom. The zero-order valence-electron chi connectivity index (χ0n) is 14.7. The summed E-state index contributed by atoms with van der Waals surface area (Å²) >= 11 is 0. The molecular formula is C20H20NO5P. The number of nitrogens with one attached hydrogen (secondary N) is 1.